The molecule has 1 rings (SSSR count). The Morgan fingerprint density at radius 2 is 2.18 bits per heavy atom. The molecule has 0 saturated heterocycles. The van der Waals surface area contributed by atoms with Crippen molar-refractivity contribution in [2.75, 3.05) is 13.1 Å². The van der Waals surface area contributed by atoms with Crippen molar-refractivity contribution >= 4 is 0 Å². The lowest BCUT2D eigenvalue weighted by molar-refractivity contribution is -0.121. The van der Waals surface area contributed by atoms with E-state index < -0.39 is 5.60 Å². The highest BCUT2D eigenvalue weighted by Gasteiger charge is 2.47. The van der Waals surface area contributed by atoms with E-state index in [0.29, 0.717) is 11.8 Å². The van der Waals surface area contributed by atoms with Crippen LogP contribution in [-0.2, 0) is 0 Å². The molecular weight excluding hydrogens is 138 g/mol. The summed E-state index contributed by atoms with van der Waals surface area (Å²) in [6.07, 6.45) is 0.959. The molecule has 2 heteroatoms. The monoisotopic (exact) mass is 157 g/mol. The lowest BCUT2D eigenvalue weighted by atomic mass is 9.63. The quantitative estimate of drug-likeness (QED) is 0.640. The molecule has 66 valence electrons. The number of rotatable bonds is 3. The van der Waals surface area contributed by atoms with Crippen molar-refractivity contribution in [3.63, 3.8) is 0 Å². The maximum atomic E-state index is 9.92. The van der Waals surface area contributed by atoms with Crippen molar-refractivity contribution in [1.29, 1.82) is 0 Å². The molecule has 1 saturated carbocycles. The lowest BCUT2D eigenvalue weighted by Crippen LogP contribution is -2.57. The molecular formula is C9H19NO. The summed E-state index contributed by atoms with van der Waals surface area (Å²) < 4.78 is 0. The molecule has 0 amide bonds. The Labute approximate surface area is 69.0 Å². The van der Waals surface area contributed by atoms with Gasteiger partial charge in [0.2, 0.25) is 0 Å². The molecule has 0 aromatic carbocycles. The third-order valence-corrected chi connectivity index (χ3v) is 3.06. The minimum Gasteiger partial charge on any atom is -0.388 e. The van der Waals surface area contributed by atoms with Crippen LogP contribution in [-0.4, -0.2) is 23.8 Å². The van der Waals surface area contributed by atoms with Crippen molar-refractivity contribution in [1.82, 2.24) is 5.32 Å². The fraction of sp³-hybridized carbons (Fsp3) is 1.00. The van der Waals surface area contributed by atoms with Crippen molar-refractivity contribution in [3.8, 4) is 0 Å². The zero-order valence-corrected chi connectivity index (χ0v) is 7.72. The Morgan fingerprint density at radius 3 is 2.55 bits per heavy atom. The van der Waals surface area contributed by atoms with Gasteiger partial charge in [-0.05, 0) is 24.8 Å². The Balaban J connectivity index is 2.32. The predicted octanol–water partition coefficient (Wildman–Crippen LogP) is 1.00. The van der Waals surface area contributed by atoms with Gasteiger partial charge in [-0.25, -0.2) is 0 Å². The Kier molecular flexibility index (Phi) is 2.55. The number of likely N-dealkylation sites (N-methyl/N-ethyl adjacent to an activating group) is 1. The first kappa shape index (κ1) is 9.01. The molecule has 0 aromatic rings. The van der Waals surface area contributed by atoms with Crippen LogP contribution in [0.2, 0.25) is 0 Å². The normalized spacial score (nSPS) is 43.6. The van der Waals surface area contributed by atoms with E-state index in [2.05, 4.69) is 26.1 Å². The van der Waals surface area contributed by atoms with E-state index in [0.717, 1.165) is 19.5 Å². The van der Waals surface area contributed by atoms with Gasteiger partial charge in [-0.15, -0.1) is 0 Å². The van der Waals surface area contributed by atoms with Crippen LogP contribution < -0.4 is 5.32 Å². The van der Waals surface area contributed by atoms with Gasteiger partial charge in [0.25, 0.3) is 0 Å². The van der Waals surface area contributed by atoms with Crippen molar-refractivity contribution in [2.45, 2.75) is 32.8 Å². The average molecular weight is 157 g/mol. The highest BCUT2D eigenvalue weighted by Crippen LogP contribution is 2.42. The second-order valence-corrected chi connectivity index (χ2v) is 3.85. The third-order valence-electron chi connectivity index (χ3n) is 3.06. The summed E-state index contributed by atoms with van der Waals surface area (Å²) in [6, 6.07) is 0. The van der Waals surface area contributed by atoms with Gasteiger partial charge in [0.05, 0.1) is 5.60 Å². The predicted molar refractivity (Wildman–Crippen MR) is 46.4 cm³/mol. The van der Waals surface area contributed by atoms with Crippen LogP contribution in [0.5, 0.6) is 0 Å². The van der Waals surface area contributed by atoms with Crippen LogP contribution >= 0.6 is 0 Å². The Bertz CT molecular complexity index is 138. The first-order valence-corrected chi connectivity index (χ1v) is 4.53. The van der Waals surface area contributed by atoms with Crippen LogP contribution in [0, 0.1) is 11.8 Å². The molecule has 0 bridgehead atoms. The molecule has 1 aliphatic carbocycles. The summed E-state index contributed by atoms with van der Waals surface area (Å²) in [7, 11) is 0. The molecule has 1 fully saturated rings. The van der Waals surface area contributed by atoms with Crippen LogP contribution in [0.1, 0.15) is 27.2 Å². The number of aliphatic hydroxyl groups is 1. The van der Waals surface area contributed by atoms with Crippen molar-refractivity contribution in [2.24, 2.45) is 11.8 Å². The molecule has 0 aromatic heterocycles. The topological polar surface area (TPSA) is 32.3 Å². The highest BCUT2D eigenvalue weighted by atomic mass is 16.3. The van der Waals surface area contributed by atoms with E-state index in [1.807, 2.05) is 0 Å². The van der Waals surface area contributed by atoms with Crippen LogP contribution in [0.15, 0.2) is 0 Å². The van der Waals surface area contributed by atoms with E-state index in [9.17, 15) is 5.11 Å². The summed E-state index contributed by atoms with van der Waals surface area (Å²) in [5.41, 5.74) is -0.407. The summed E-state index contributed by atoms with van der Waals surface area (Å²) in [5.74, 6) is 1.15. The van der Waals surface area contributed by atoms with E-state index in [-0.39, 0.29) is 0 Å². The minimum atomic E-state index is -0.407. The Morgan fingerprint density at radius 1 is 1.55 bits per heavy atom. The van der Waals surface area contributed by atoms with E-state index in [4.69, 9.17) is 0 Å². The SMILES string of the molecule is CCNCC1(O)CC(C)C1C. The Hall–Kier alpha value is -0.0800. The van der Waals surface area contributed by atoms with E-state index in [1.54, 1.807) is 0 Å². The van der Waals surface area contributed by atoms with Gasteiger partial charge in [0.15, 0.2) is 0 Å². The molecule has 2 nitrogen and oxygen atoms in total. The molecule has 3 unspecified atom stereocenters. The van der Waals surface area contributed by atoms with Crippen LogP contribution in [0.25, 0.3) is 0 Å². The highest BCUT2D eigenvalue weighted by molar-refractivity contribution is 4.99. The fourth-order valence-corrected chi connectivity index (χ4v) is 1.86. The van der Waals surface area contributed by atoms with Gasteiger partial charge in [0.1, 0.15) is 0 Å². The smallest absolute Gasteiger partial charge is 0.0802 e. The van der Waals surface area contributed by atoms with Gasteiger partial charge in [0, 0.05) is 6.54 Å². The molecule has 3 atom stereocenters. The number of hydrogen-bond donors (Lipinski definition) is 2. The van der Waals surface area contributed by atoms with Crippen LogP contribution in [0.3, 0.4) is 0 Å². The van der Waals surface area contributed by atoms with Crippen molar-refractivity contribution in [3.05, 3.63) is 0 Å². The fourth-order valence-electron chi connectivity index (χ4n) is 1.86. The zero-order chi connectivity index (χ0) is 8.48. The maximum Gasteiger partial charge on any atom is 0.0802 e. The van der Waals surface area contributed by atoms with Crippen molar-refractivity contribution < 1.29 is 5.11 Å². The third kappa shape index (κ3) is 1.57. The summed E-state index contributed by atoms with van der Waals surface area (Å²) in [4.78, 5) is 0. The number of hydrogen-bond acceptors (Lipinski definition) is 2. The first-order chi connectivity index (χ1) is 5.10. The largest absolute Gasteiger partial charge is 0.388 e. The molecule has 0 heterocycles. The standard InChI is InChI=1S/C9H19NO/c1-4-10-6-9(11)5-7(2)8(9)3/h7-8,10-11H,4-6H2,1-3H3. The lowest BCUT2D eigenvalue weighted by Gasteiger charge is -2.49. The second kappa shape index (κ2) is 3.11. The first-order valence-electron chi connectivity index (χ1n) is 4.53. The van der Waals surface area contributed by atoms with Gasteiger partial charge in [-0.1, -0.05) is 20.8 Å². The average Bonchev–Trinajstić information content (AvgIpc) is 2.00. The van der Waals surface area contributed by atoms with E-state index in [1.165, 1.54) is 0 Å². The van der Waals surface area contributed by atoms with Gasteiger partial charge < -0.3 is 10.4 Å². The van der Waals surface area contributed by atoms with Gasteiger partial charge in [-0.3, -0.25) is 0 Å². The summed E-state index contributed by atoms with van der Waals surface area (Å²) in [5, 5.41) is 13.1. The zero-order valence-electron chi connectivity index (χ0n) is 7.72. The molecule has 0 aliphatic heterocycles. The molecule has 0 spiro atoms. The molecule has 11 heavy (non-hydrogen) atoms. The number of nitrogens with one attached hydrogen (secondary N) is 1. The van der Waals surface area contributed by atoms with Gasteiger partial charge in [-0.2, -0.15) is 0 Å². The molecule has 1 aliphatic rings. The second-order valence-electron chi connectivity index (χ2n) is 3.85. The minimum absolute atomic E-state index is 0.407. The summed E-state index contributed by atoms with van der Waals surface area (Å²) >= 11 is 0. The molecule has 0 radical (unpaired) electrons. The van der Waals surface area contributed by atoms with Crippen LogP contribution in [0.4, 0.5) is 0 Å². The maximum absolute atomic E-state index is 9.92. The molecule has 2 N–H and O–H groups in total. The summed E-state index contributed by atoms with van der Waals surface area (Å²) in [6.45, 7) is 8.10. The van der Waals surface area contributed by atoms with E-state index >= 15 is 0 Å². The van der Waals surface area contributed by atoms with Gasteiger partial charge >= 0.3 is 0 Å².